The van der Waals surface area contributed by atoms with Crippen molar-refractivity contribution in [1.82, 2.24) is 14.6 Å². The molecule has 1 aromatic heterocycles. The maximum absolute atomic E-state index is 12.0. The normalized spacial score (nSPS) is 18.2. The van der Waals surface area contributed by atoms with Crippen molar-refractivity contribution < 1.29 is 4.79 Å². The molecule has 2 aromatic carbocycles. The molecule has 0 bridgehead atoms. The maximum Gasteiger partial charge on any atom is 0.228 e. The van der Waals surface area contributed by atoms with Crippen LogP contribution in [-0.2, 0) is 17.6 Å². The highest BCUT2D eigenvalue weighted by atomic mass is 35.5. The average Bonchev–Trinajstić information content (AvgIpc) is 3.29. The van der Waals surface area contributed by atoms with Gasteiger partial charge in [-0.15, -0.1) is 0 Å². The first-order valence-corrected chi connectivity index (χ1v) is 10.7. The van der Waals surface area contributed by atoms with Crippen LogP contribution in [0.1, 0.15) is 22.9 Å². The minimum absolute atomic E-state index is 0.0383. The number of piperazine rings is 1. The zero-order valence-electron chi connectivity index (χ0n) is 15.4. The molecular weight excluding hydrogens is 392 g/mol. The molecule has 144 valence electrons. The summed E-state index contributed by atoms with van der Waals surface area (Å²) < 4.78 is 6.08. The number of nitrogens with zero attached hydrogens (tertiary/aromatic N) is 2. The Labute approximate surface area is 172 Å². The molecule has 28 heavy (non-hydrogen) atoms. The summed E-state index contributed by atoms with van der Waals surface area (Å²) in [6.45, 7) is 3.92. The van der Waals surface area contributed by atoms with Crippen molar-refractivity contribution in [1.29, 1.82) is 0 Å². The first-order chi connectivity index (χ1) is 13.7. The largest absolute Gasteiger partial charge is 0.325 e. The molecule has 2 aliphatic rings. The van der Waals surface area contributed by atoms with Crippen molar-refractivity contribution in [3.8, 4) is 0 Å². The molecule has 5 rings (SSSR count). The fourth-order valence-corrected chi connectivity index (χ4v) is 5.37. The van der Waals surface area contributed by atoms with Gasteiger partial charge in [0, 0.05) is 42.3 Å². The van der Waals surface area contributed by atoms with Crippen LogP contribution < -0.4 is 10.6 Å². The Morgan fingerprint density at radius 1 is 1.21 bits per heavy atom. The zero-order chi connectivity index (χ0) is 19.1. The van der Waals surface area contributed by atoms with E-state index < -0.39 is 0 Å². The van der Waals surface area contributed by atoms with Crippen LogP contribution in [0.2, 0.25) is 5.02 Å². The molecule has 7 heteroatoms. The molecule has 1 unspecified atom stereocenters. The molecule has 0 aliphatic carbocycles. The van der Waals surface area contributed by atoms with Crippen molar-refractivity contribution in [2.75, 3.05) is 31.5 Å². The molecule has 0 radical (unpaired) electrons. The predicted molar refractivity (Wildman–Crippen MR) is 114 cm³/mol. The van der Waals surface area contributed by atoms with Crippen LogP contribution in [0.4, 0.5) is 5.69 Å². The van der Waals surface area contributed by atoms with Crippen molar-refractivity contribution in [2.45, 2.75) is 18.9 Å². The molecule has 3 heterocycles. The van der Waals surface area contributed by atoms with E-state index in [1.165, 1.54) is 10.1 Å². The van der Waals surface area contributed by atoms with Crippen LogP contribution >= 0.6 is 23.1 Å². The summed E-state index contributed by atoms with van der Waals surface area (Å²) in [6, 6.07) is 12.5. The van der Waals surface area contributed by atoms with E-state index in [4.69, 9.17) is 16.0 Å². The molecule has 2 N–H and O–H groups in total. The SMILES string of the molecule is O=C1Cc2c(CC(c3nsc4ccccc34)N3CCNCC3)cc(Cl)cc2N1. The summed E-state index contributed by atoms with van der Waals surface area (Å²) in [7, 11) is 0. The number of nitrogens with one attached hydrogen (secondary N) is 2. The van der Waals surface area contributed by atoms with Crippen LogP contribution in [0.25, 0.3) is 10.1 Å². The summed E-state index contributed by atoms with van der Waals surface area (Å²) in [5, 5.41) is 8.26. The summed E-state index contributed by atoms with van der Waals surface area (Å²) >= 11 is 7.94. The highest BCUT2D eigenvalue weighted by Crippen LogP contribution is 2.37. The molecular formula is C21H21ClN4OS. The number of carbonyl (C=O) groups is 1. The Bertz CT molecular complexity index is 1040. The van der Waals surface area contributed by atoms with E-state index in [1.807, 2.05) is 12.1 Å². The van der Waals surface area contributed by atoms with Gasteiger partial charge in [0.25, 0.3) is 0 Å². The van der Waals surface area contributed by atoms with E-state index in [0.29, 0.717) is 11.4 Å². The minimum Gasteiger partial charge on any atom is -0.325 e. The molecule has 2 aliphatic heterocycles. The second-order valence-corrected chi connectivity index (χ2v) is 8.63. The smallest absolute Gasteiger partial charge is 0.228 e. The number of rotatable bonds is 4. The molecule has 1 fully saturated rings. The molecule has 0 saturated carbocycles. The highest BCUT2D eigenvalue weighted by Gasteiger charge is 2.29. The second-order valence-electron chi connectivity index (χ2n) is 7.39. The van der Waals surface area contributed by atoms with Gasteiger partial charge in [-0.05, 0) is 47.3 Å². The fraction of sp³-hybridized carbons (Fsp3) is 0.333. The van der Waals surface area contributed by atoms with Crippen molar-refractivity contribution in [3.05, 3.63) is 58.2 Å². The Hall–Kier alpha value is -1.99. The van der Waals surface area contributed by atoms with Gasteiger partial charge in [-0.2, -0.15) is 4.37 Å². The highest BCUT2D eigenvalue weighted by molar-refractivity contribution is 7.13. The van der Waals surface area contributed by atoms with E-state index in [1.54, 1.807) is 11.5 Å². The van der Waals surface area contributed by atoms with Gasteiger partial charge in [-0.25, -0.2) is 0 Å². The van der Waals surface area contributed by atoms with Crippen LogP contribution in [0, 0.1) is 0 Å². The molecule has 5 nitrogen and oxygen atoms in total. The third kappa shape index (κ3) is 3.31. The number of aromatic nitrogens is 1. The topological polar surface area (TPSA) is 57.3 Å². The van der Waals surface area contributed by atoms with Gasteiger partial charge >= 0.3 is 0 Å². The third-order valence-corrected chi connectivity index (χ3v) is 6.70. The summed E-state index contributed by atoms with van der Waals surface area (Å²) in [5.41, 5.74) is 4.21. The Balaban J connectivity index is 1.57. The lowest BCUT2D eigenvalue weighted by Crippen LogP contribution is -2.45. The number of carbonyl (C=O) groups excluding carboxylic acids is 1. The van der Waals surface area contributed by atoms with Gasteiger partial charge in [-0.3, -0.25) is 9.69 Å². The molecule has 0 spiro atoms. The number of amides is 1. The Morgan fingerprint density at radius 3 is 2.89 bits per heavy atom. The summed E-state index contributed by atoms with van der Waals surface area (Å²) in [6.07, 6.45) is 1.22. The van der Waals surface area contributed by atoms with Crippen LogP contribution in [0.3, 0.4) is 0 Å². The lowest BCUT2D eigenvalue weighted by Gasteiger charge is -2.34. The van der Waals surface area contributed by atoms with Crippen molar-refractivity contribution in [3.63, 3.8) is 0 Å². The van der Waals surface area contributed by atoms with Gasteiger partial charge in [0.2, 0.25) is 5.91 Å². The third-order valence-electron chi connectivity index (χ3n) is 5.65. The van der Waals surface area contributed by atoms with E-state index in [2.05, 4.69) is 39.8 Å². The van der Waals surface area contributed by atoms with Crippen LogP contribution in [0.15, 0.2) is 36.4 Å². The summed E-state index contributed by atoms with van der Waals surface area (Å²) in [4.78, 5) is 14.5. The van der Waals surface area contributed by atoms with E-state index >= 15 is 0 Å². The van der Waals surface area contributed by atoms with E-state index in [0.717, 1.165) is 55.1 Å². The maximum atomic E-state index is 12.0. The van der Waals surface area contributed by atoms with Gasteiger partial charge < -0.3 is 10.6 Å². The number of halogens is 1. The standard InChI is InChI=1S/C21H21ClN4OS/c22-14-9-13(16-12-20(27)24-17(16)11-14)10-18(26-7-5-23-6-8-26)21-15-3-1-2-4-19(15)28-25-21/h1-4,9,11,18,23H,5-8,10,12H2,(H,24,27). The lowest BCUT2D eigenvalue weighted by molar-refractivity contribution is -0.115. The van der Waals surface area contributed by atoms with Crippen LogP contribution in [-0.4, -0.2) is 41.4 Å². The monoisotopic (exact) mass is 412 g/mol. The molecule has 1 atom stereocenters. The second kappa shape index (κ2) is 7.44. The minimum atomic E-state index is 0.0383. The number of anilines is 1. The van der Waals surface area contributed by atoms with Crippen molar-refractivity contribution in [2.24, 2.45) is 0 Å². The molecule has 3 aromatic rings. The molecule has 1 amide bonds. The number of hydrogen-bond acceptors (Lipinski definition) is 5. The first kappa shape index (κ1) is 18.1. The quantitative estimate of drug-likeness (QED) is 0.687. The fourth-order valence-electron chi connectivity index (χ4n) is 4.30. The zero-order valence-corrected chi connectivity index (χ0v) is 16.9. The first-order valence-electron chi connectivity index (χ1n) is 9.59. The number of fused-ring (bicyclic) bond motifs is 2. The van der Waals surface area contributed by atoms with Gasteiger partial charge in [0.1, 0.15) is 0 Å². The number of benzene rings is 2. The summed E-state index contributed by atoms with van der Waals surface area (Å²) in [5.74, 6) is 0.0383. The predicted octanol–water partition coefficient (Wildman–Crippen LogP) is 3.63. The Morgan fingerprint density at radius 2 is 2.04 bits per heavy atom. The molecule has 1 saturated heterocycles. The van der Waals surface area contributed by atoms with Gasteiger partial charge in [-0.1, -0.05) is 29.8 Å². The number of hydrogen-bond donors (Lipinski definition) is 2. The lowest BCUT2D eigenvalue weighted by atomic mass is 9.94. The average molecular weight is 413 g/mol. The van der Waals surface area contributed by atoms with E-state index in [-0.39, 0.29) is 11.9 Å². The van der Waals surface area contributed by atoms with Gasteiger partial charge in [0.15, 0.2) is 0 Å². The van der Waals surface area contributed by atoms with Crippen molar-refractivity contribution >= 4 is 44.8 Å². The van der Waals surface area contributed by atoms with E-state index in [9.17, 15) is 4.79 Å². The van der Waals surface area contributed by atoms with Crippen LogP contribution in [0.5, 0.6) is 0 Å². The Kier molecular flexibility index (Phi) is 4.80. The van der Waals surface area contributed by atoms with Gasteiger partial charge in [0.05, 0.1) is 22.9 Å².